The second kappa shape index (κ2) is 12.8. The molecule has 1 unspecified atom stereocenters. The number of ether oxygens (including phenoxy) is 1. The van der Waals surface area contributed by atoms with Crippen molar-refractivity contribution in [3.05, 3.63) is 0 Å². The molecule has 2 rings (SSSR count). The van der Waals surface area contributed by atoms with Crippen LogP contribution in [0.15, 0.2) is 4.99 Å². The zero-order chi connectivity index (χ0) is 18.9. The Morgan fingerprint density at radius 3 is 2.63 bits per heavy atom. The maximum atomic E-state index is 12.2. The van der Waals surface area contributed by atoms with Crippen molar-refractivity contribution in [2.45, 2.75) is 38.1 Å². The number of likely N-dealkylation sites (N-methyl/N-ethyl adjacent to an activating group) is 2. The van der Waals surface area contributed by atoms with Gasteiger partial charge in [-0.1, -0.05) is 0 Å². The average Bonchev–Trinajstić information content (AvgIpc) is 3.33. The van der Waals surface area contributed by atoms with Crippen LogP contribution in [-0.4, -0.2) is 100 Å². The van der Waals surface area contributed by atoms with Crippen molar-refractivity contribution in [2.75, 3.05) is 67.6 Å². The van der Waals surface area contributed by atoms with Gasteiger partial charge in [-0.3, -0.25) is 14.7 Å². The molecular weight excluding hydrogens is 457 g/mol. The van der Waals surface area contributed by atoms with Crippen LogP contribution in [0.4, 0.5) is 0 Å². The summed E-state index contributed by atoms with van der Waals surface area (Å²) >= 11 is 0. The summed E-state index contributed by atoms with van der Waals surface area (Å²) in [5.74, 6) is 1.95. The maximum absolute atomic E-state index is 12.2. The van der Waals surface area contributed by atoms with Gasteiger partial charge in [-0.25, -0.2) is 0 Å². The van der Waals surface area contributed by atoms with E-state index >= 15 is 0 Å². The van der Waals surface area contributed by atoms with Crippen molar-refractivity contribution < 1.29 is 9.53 Å². The smallest absolute Gasteiger partial charge is 0.239 e. The van der Waals surface area contributed by atoms with Crippen LogP contribution in [0.3, 0.4) is 0 Å². The van der Waals surface area contributed by atoms with Crippen LogP contribution >= 0.6 is 24.0 Å². The van der Waals surface area contributed by atoms with E-state index < -0.39 is 0 Å². The lowest BCUT2D eigenvalue weighted by molar-refractivity contribution is -0.133. The molecule has 1 N–H and O–H groups in total. The summed E-state index contributed by atoms with van der Waals surface area (Å²) in [5, 5.41) is 3.42. The van der Waals surface area contributed by atoms with E-state index in [1.807, 2.05) is 28.2 Å². The Labute approximate surface area is 181 Å². The van der Waals surface area contributed by atoms with Gasteiger partial charge in [-0.2, -0.15) is 0 Å². The number of carbonyl (C=O) groups excluding carboxylic acids is 1. The molecule has 1 atom stereocenters. The summed E-state index contributed by atoms with van der Waals surface area (Å²) in [6.07, 6.45) is 5.76. The quantitative estimate of drug-likeness (QED) is 0.215. The van der Waals surface area contributed by atoms with Crippen LogP contribution in [-0.2, 0) is 9.53 Å². The van der Waals surface area contributed by atoms with E-state index in [0.717, 1.165) is 70.5 Å². The Balaban J connectivity index is 0.00000364. The molecule has 1 heterocycles. The van der Waals surface area contributed by atoms with E-state index in [2.05, 4.69) is 20.1 Å². The van der Waals surface area contributed by atoms with Gasteiger partial charge in [-0.15, -0.1) is 24.0 Å². The normalized spacial score (nSPS) is 20.3. The summed E-state index contributed by atoms with van der Waals surface area (Å²) < 4.78 is 5.70. The third kappa shape index (κ3) is 8.51. The first-order valence-electron chi connectivity index (χ1n) is 9.97. The van der Waals surface area contributed by atoms with Crippen LogP contribution in [0.25, 0.3) is 0 Å². The number of hydrogen-bond donors (Lipinski definition) is 1. The maximum Gasteiger partial charge on any atom is 0.239 e. The minimum absolute atomic E-state index is 0. The summed E-state index contributed by atoms with van der Waals surface area (Å²) in [6.45, 7) is 5.33. The van der Waals surface area contributed by atoms with Gasteiger partial charge in [0.05, 0.1) is 12.6 Å². The van der Waals surface area contributed by atoms with Crippen LogP contribution < -0.4 is 5.32 Å². The molecule has 7 nitrogen and oxygen atoms in total. The third-order valence-electron chi connectivity index (χ3n) is 5.19. The van der Waals surface area contributed by atoms with Crippen LogP contribution in [0.2, 0.25) is 0 Å². The van der Waals surface area contributed by atoms with Gasteiger partial charge in [0, 0.05) is 54.4 Å². The molecule has 1 aliphatic carbocycles. The molecule has 0 radical (unpaired) electrons. The summed E-state index contributed by atoms with van der Waals surface area (Å²) in [6, 6.07) is 0.0654. The Morgan fingerprint density at radius 2 is 2.00 bits per heavy atom. The van der Waals surface area contributed by atoms with Crippen LogP contribution in [0, 0.1) is 5.92 Å². The van der Waals surface area contributed by atoms with E-state index in [0.29, 0.717) is 0 Å². The number of amides is 1. The molecule has 1 amide bonds. The SMILES string of the molecule is CN=C(NCCCN1CCCC1C(=O)N(C)C)N(C)CCOCC1CC1.I. The molecule has 1 saturated carbocycles. The van der Waals surface area contributed by atoms with Gasteiger partial charge in [0.15, 0.2) is 5.96 Å². The van der Waals surface area contributed by atoms with Crippen molar-refractivity contribution in [3.8, 4) is 0 Å². The molecule has 0 aromatic heterocycles. The molecule has 0 spiro atoms. The topological polar surface area (TPSA) is 60.4 Å². The number of carbonyl (C=O) groups is 1. The summed E-state index contributed by atoms with van der Waals surface area (Å²) in [4.78, 5) is 22.7. The molecule has 1 aliphatic heterocycles. The van der Waals surface area contributed by atoms with Gasteiger partial charge in [-0.05, 0) is 44.6 Å². The number of rotatable bonds is 10. The first-order chi connectivity index (χ1) is 12.5. The predicted octanol–water partition coefficient (Wildman–Crippen LogP) is 1.48. The number of guanidine groups is 1. The highest BCUT2D eigenvalue weighted by atomic mass is 127. The Hall–Kier alpha value is -0.610. The van der Waals surface area contributed by atoms with Crippen LogP contribution in [0.5, 0.6) is 0 Å². The number of nitrogens with one attached hydrogen (secondary N) is 1. The Morgan fingerprint density at radius 1 is 1.26 bits per heavy atom. The minimum atomic E-state index is 0. The molecule has 1 saturated heterocycles. The molecule has 8 heteroatoms. The van der Waals surface area contributed by atoms with E-state index in [1.165, 1.54) is 12.8 Å². The lowest BCUT2D eigenvalue weighted by Crippen LogP contribution is -2.44. The van der Waals surface area contributed by atoms with Gasteiger partial charge in [0.1, 0.15) is 0 Å². The number of aliphatic imine (C=N–C) groups is 1. The van der Waals surface area contributed by atoms with E-state index in [-0.39, 0.29) is 35.9 Å². The first-order valence-corrected chi connectivity index (χ1v) is 9.97. The summed E-state index contributed by atoms with van der Waals surface area (Å²) in [7, 11) is 7.54. The van der Waals surface area contributed by atoms with Gasteiger partial charge >= 0.3 is 0 Å². The first kappa shape index (κ1) is 24.4. The van der Waals surface area contributed by atoms with Gasteiger partial charge < -0.3 is 19.9 Å². The van der Waals surface area contributed by atoms with Gasteiger partial charge in [0.2, 0.25) is 5.91 Å². The number of nitrogens with zero attached hydrogens (tertiary/aromatic N) is 4. The number of hydrogen-bond acceptors (Lipinski definition) is 4. The van der Waals surface area contributed by atoms with Crippen molar-refractivity contribution >= 4 is 35.8 Å². The molecule has 2 aliphatic rings. The molecular formula is C19H38IN5O2. The van der Waals surface area contributed by atoms with Crippen molar-refractivity contribution in [1.82, 2.24) is 20.0 Å². The molecule has 0 aromatic rings. The highest BCUT2D eigenvalue weighted by molar-refractivity contribution is 14.0. The fourth-order valence-electron chi connectivity index (χ4n) is 3.38. The lowest BCUT2D eigenvalue weighted by Gasteiger charge is -2.26. The fraction of sp³-hybridized carbons (Fsp3) is 0.895. The zero-order valence-electron chi connectivity index (χ0n) is 17.4. The second-order valence-electron chi connectivity index (χ2n) is 7.69. The fourth-order valence-corrected chi connectivity index (χ4v) is 3.38. The standard InChI is InChI=1S/C19H37N5O2.HI/c1-20-19(23(4)13-14-26-15-16-8-9-16)21-10-6-12-24-11-5-7-17(24)18(25)22(2)3;/h16-17H,5-15H2,1-4H3,(H,20,21);1H. The molecule has 0 bridgehead atoms. The van der Waals surface area contributed by atoms with Gasteiger partial charge in [0.25, 0.3) is 0 Å². The van der Waals surface area contributed by atoms with E-state index in [9.17, 15) is 4.79 Å². The molecule has 158 valence electrons. The lowest BCUT2D eigenvalue weighted by atomic mass is 10.2. The summed E-state index contributed by atoms with van der Waals surface area (Å²) in [5.41, 5.74) is 0. The number of likely N-dealkylation sites (tertiary alicyclic amines) is 1. The second-order valence-corrected chi connectivity index (χ2v) is 7.69. The minimum Gasteiger partial charge on any atom is -0.379 e. The largest absolute Gasteiger partial charge is 0.379 e. The number of halogens is 1. The Kier molecular flexibility index (Phi) is 11.6. The van der Waals surface area contributed by atoms with E-state index in [4.69, 9.17) is 4.74 Å². The van der Waals surface area contributed by atoms with Crippen molar-refractivity contribution in [2.24, 2.45) is 10.9 Å². The Bertz CT molecular complexity index is 471. The monoisotopic (exact) mass is 495 g/mol. The molecule has 0 aromatic carbocycles. The average molecular weight is 495 g/mol. The third-order valence-corrected chi connectivity index (χ3v) is 5.19. The predicted molar refractivity (Wildman–Crippen MR) is 121 cm³/mol. The van der Waals surface area contributed by atoms with Crippen LogP contribution in [0.1, 0.15) is 32.1 Å². The van der Waals surface area contributed by atoms with Crippen molar-refractivity contribution in [1.29, 1.82) is 0 Å². The van der Waals surface area contributed by atoms with Crippen molar-refractivity contribution in [3.63, 3.8) is 0 Å². The highest BCUT2D eigenvalue weighted by Crippen LogP contribution is 2.28. The van der Waals surface area contributed by atoms with E-state index in [1.54, 1.807) is 4.90 Å². The zero-order valence-corrected chi connectivity index (χ0v) is 19.8. The highest BCUT2D eigenvalue weighted by Gasteiger charge is 2.31. The molecule has 2 fully saturated rings. The molecule has 27 heavy (non-hydrogen) atoms.